The highest BCUT2D eigenvalue weighted by molar-refractivity contribution is 9.10. The first kappa shape index (κ1) is 12.6. The van der Waals surface area contributed by atoms with E-state index in [0.717, 1.165) is 19.3 Å². The van der Waals surface area contributed by atoms with Crippen molar-refractivity contribution in [1.29, 1.82) is 0 Å². The molecule has 0 aliphatic heterocycles. The van der Waals surface area contributed by atoms with Gasteiger partial charge in [-0.25, -0.2) is 0 Å². The van der Waals surface area contributed by atoms with Crippen molar-refractivity contribution in [3.05, 3.63) is 33.8 Å². The zero-order chi connectivity index (χ0) is 12.5. The Bertz CT molecular complexity index is 435. The average molecular weight is 310 g/mol. The molecule has 0 amide bonds. The van der Waals surface area contributed by atoms with Crippen LogP contribution in [0.3, 0.4) is 0 Å². The quantitative estimate of drug-likeness (QED) is 0.878. The second kappa shape index (κ2) is 5.32. The molecule has 3 rings (SSSR count). The van der Waals surface area contributed by atoms with Gasteiger partial charge in [0.15, 0.2) is 0 Å². The largest absolute Gasteiger partial charge is 0.393 e. The summed E-state index contributed by atoms with van der Waals surface area (Å²) >= 11 is 3.56. The van der Waals surface area contributed by atoms with Gasteiger partial charge in [0, 0.05) is 16.6 Å². The van der Waals surface area contributed by atoms with Crippen molar-refractivity contribution in [2.75, 3.05) is 0 Å². The summed E-state index contributed by atoms with van der Waals surface area (Å²) in [4.78, 5) is 0. The fraction of sp³-hybridized carbons (Fsp3) is 0.600. The minimum Gasteiger partial charge on any atom is -0.393 e. The third-order valence-corrected chi connectivity index (χ3v) is 4.76. The Morgan fingerprint density at radius 1 is 1.22 bits per heavy atom. The first-order valence-electron chi connectivity index (χ1n) is 6.95. The van der Waals surface area contributed by atoms with Crippen molar-refractivity contribution >= 4 is 15.9 Å². The number of halogens is 1. The molecule has 2 N–H and O–H groups in total. The molecule has 0 bridgehead atoms. The van der Waals surface area contributed by atoms with Crippen LogP contribution < -0.4 is 5.32 Å². The van der Waals surface area contributed by atoms with Crippen LogP contribution in [0.4, 0.5) is 0 Å². The monoisotopic (exact) mass is 309 g/mol. The molecule has 2 aliphatic carbocycles. The number of fused-ring (bicyclic) bond motifs is 1. The lowest BCUT2D eigenvalue weighted by Gasteiger charge is -2.29. The number of aryl methyl sites for hydroxylation is 1. The van der Waals surface area contributed by atoms with E-state index >= 15 is 0 Å². The maximum atomic E-state index is 9.75. The number of aliphatic hydroxyl groups is 1. The predicted molar refractivity (Wildman–Crippen MR) is 76.6 cm³/mol. The fourth-order valence-electron chi connectivity index (χ4n) is 3.35. The summed E-state index contributed by atoms with van der Waals surface area (Å²) in [6, 6.07) is 7.58. The molecule has 2 aliphatic rings. The first-order chi connectivity index (χ1) is 8.72. The summed E-state index contributed by atoms with van der Waals surface area (Å²) in [7, 11) is 0. The first-order valence-corrected chi connectivity index (χ1v) is 7.74. The number of hydrogen-bond acceptors (Lipinski definition) is 2. The normalized spacial score (nSPS) is 31.3. The molecule has 2 nitrogen and oxygen atoms in total. The molecule has 18 heavy (non-hydrogen) atoms. The molecule has 1 fully saturated rings. The van der Waals surface area contributed by atoms with Crippen molar-refractivity contribution in [3.63, 3.8) is 0 Å². The SMILES string of the molecule is OC1CCCC(NC2CCc3ccc(Br)cc32)C1. The highest BCUT2D eigenvalue weighted by Gasteiger charge is 2.27. The number of benzene rings is 1. The molecule has 0 radical (unpaired) electrons. The molecule has 3 atom stereocenters. The number of aliphatic hydroxyl groups excluding tert-OH is 1. The van der Waals surface area contributed by atoms with E-state index < -0.39 is 0 Å². The zero-order valence-electron chi connectivity index (χ0n) is 10.5. The predicted octanol–water partition coefficient (Wildman–Crippen LogP) is 3.33. The van der Waals surface area contributed by atoms with Crippen LogP contribution in [0.5, 0.6) is 0 Å². The molecule has 1 aromatic carbocycles. The molecule has 0 spiro atoms. The van der Waals surface area contributed by atoms with E-state index in [2.05, 4.69) is 39.4 Å². The standard InChI is InChI=1S/C15H20BrNO/c16-11-6-4-10-5-7-15(14(10)8-11)17-12-2-1-3-13(18)9-12/h4,6,8,12-13,15,17-18H,1-3,5,7,9H2. The van der Waals surface area contributed by atoms with Gasteiger partial charge < -0.3 is 10.4 Å². The van der Waals surface area contributed by atoms with Crippen LogP contribution >= 0.6 is 15.9 Å². The van der Waals surface area contributed by atoms with Crippen LogP contribution in [-0.4, -0.2) is 17.3 Å². The van der Waals surface area contributed by atoms with Gasteiger partial charge in [-0.3, -0.25) is 0 Å². The Balaban J connectivity index is 1.70. The van der Waals surface area contributed by atoms with Crippen LogP contribution in [0.15, 0.2) is 22.7 Å². The van der Waals surface area contributed by atoms with Crippen molar-refractivity contribution in [3.8, 4) is 0 Å². The van der Waals surface area contributed by atoms with E-state index in [4.69, 9.17) is 0 Å². The summed E-state index contributed by atoms with van der Waals surface area (Å²) in [6.45, 7) is 0. The Morgan fingerprint density at radius 2 is 2.11 bits per heavy atom. The number of rotatable bonds is 2. The van der Waals surface area contributed by atoms with Crippen molar-refractivity contribution in [2.45, 2.75) is 56.7 Å². The highest BCUT2D eigenvalue weighted by atomic mass is 79.9. The van der Waals surface area contributed by atoms with Crippen LogP contribution in [0.2, 0.25) is 0 Å². The van der Waals surface area contributed by atoms with Gasteiger partial charge in [0.1, 0.15) is 0 Å². The Kier molecular flexibility index (Phi) is 3.73. The van der Waals surface area contributed by atoms with Gasteiger partial charge >= 0.3 is 0 Å². The van der Waals surface area contributed by atoms with E-state index in [0.29, 0.717) is 12.1 Å². The van der Waals surface area contributed by atoms with Crippen LogP contribution in [-0.2, 0) is 6.42 Å². The lowest BCUT2D eigenvalue weighted by molar-refractivity contribution is 0.108. The maximum absolute atomic E-state index is 9.75. The van der Waals surface area contributed by atoms with Gasteiger partial charge in [0.25, 0.3) is 0 Å². The summed E-state index contributed by atoms with van der Waals surface area (Å²) < 4.78 is 1.17. The lowest BCUT2D eigenvalue weighted by atomic mass is 9.92. The van der Waals surface area contributed by atoms with Gasteiger partial charge in [-0.1, -0.05) is 22.0 Å². The van der Waals surface area contributed by atoms with E-state index in [-0.39, 0.29) is 6.10 Å². The van der Waals surface area contributed by atoms with Crippen molar-refractivity contribution in [2.24, 2.45) is 0 Å². The topological polar surface area (TPSA) is 32.3 Å². The molecule has 3 heteroatoms. The highest BCUT2D eigenvalue weighted by Crippen LogP contribution is 2.34. The van der Waals surface area contributed by atoms with E-state index in [1.165, 1.54) is 34.9 Å². The summed E-state index contributed by atoms with van der Waals surface area (Å²) in [5, 5.41) is 13.5. The fourth-order valence-corrected chi connectivity index (χ4v) is 3.72. The maximum Gasteiger partial charge on any atom is 0.0555 e. The second-order valence-corrected chi connectivity index (χ2v) is 6.53. The van der Waals surface area contributed by atoms with Gasteiger partial charge in [-0.05, 0) is 61.8 Å². The summed E-state index contributed by atoms with van der Waals surface area (Å²) in [5.41, 5.74) is 2.93. The van der Waals surface area contributed by atoms with Gasteiger partial charge in [-0.2, -0.15) is 0 Å². The average Bonchev–Trinajstić information content (AvgIpc) is 2.72. The molecule has 1 saturated carbocycles. The van der Waals surface area contributed by atoms with Crippen molar-refractivity contribution < 1.29 is 5.11 Å². The molecular weight excluding hydrogens is 290 g/mol. The third kappa shape index (κ3) is 2.63. The Morgan fingerprint density at radius 3 is 2.94 bits per heavy atom. The van der Waals surface area contributed by atoms with Crippen LogP contribution in [0, 0.1) is 0 Å². The number of nitrogens with one attached hydrogen (secondary N) is 1. The van der Waals surface area contributed by atoms with Gasteiger partial charge in [0.05, 0.1) is 6.10 Å². The zero-order valence-corrected chi connectivity index (χ0v) is 12.1. The molecule has 3 unspecified atom stereocenters. The van der Waals surface area contributed by atoms with Crippen LogP contribution in [0.1, 0.15) is 49.3 Å². The van der Waals surface area contributed by atoms with E-state index in [1.807, 2.05) is 0 Å². The minimum atomic E-state index is -0.0976. The van der Waals surface area contributed by atoms with Gasteiger partial charge in [-0.15, -0.1) is 0 Å². The number of hydrogen-bond donors (Lipinski definition) is 2. The molecule has 0 saturated heterocycles. The third-order valence-electron chi connectivity index (χ3n) is 4.27. The molecule has 1 aromatic rings. The Hall–Kier alpha value is -0.380. The van der Waals surface area contributed by atoms with Crippen LogP contribution in [0.25, 0.3) is 0 Å². The minimum absolute atomic E-state index is 0.0976. The molecule has 0 heterocycles. The van der Waals surface area contributed by atoms with Gasteiger partial charge in [0.2, 0.25) is 0 Å². The van der Waals surface area contributed by atoms with E-state index in [1.54, 1.807) is 0 Å². The van der Waals surface area contributed by atoms with Crippen molar-refractivity contribution in [1.82, 2.24) is 5.32 Å². The summed E-state index contributed by atoms with van der Waals surface area (Å²) in [5.74, 6) is 0. The smallest absolute Gasteiger partial charge is 0.0555 e. The van der Waals surface area contributed by atoms with E-state index in [9.17, 15) is 5.11 Å². The molecular formula is C15H20BrNO. The summed E-state index contributed by atoms with van der Waals surface area (Å²) in [6.07, 6.45) is 6.52. The Labute approximate surface area is 117 Å². The molecule has 0 aromatic heterocycles. The lowest BCUT2D eigenvalue weighted by Crippen LogP contribution is -2.37. The molecule has 98 valence electrons. The second-order valence-electron chi connectivity index (χ2n) is 5.62.